The van der Waals surface area contributed by atoms with Crippen LogP contribution in [0.5, 0.6) is 0 Å². The van der Waals surface area contributed by atoms with E-state index in [9.17, 15) is 14.4 Å². The van der Waals surface area contributed by atoms with Gasteiger partial charge in [-0.1, -0.05) is 26.7 Å². The molecule has 0 atom stereocenters. The minimum atomic E-state index is -0.654. The molecular formula is C21H37N5O4. The molecule has 1 fully saturated rings. The van der Waals surface area contributed by atoms with Gasteiger partial charge >= 0.3 is 5.69 Å². The number of nitrogens with one attached hydrogen (secondary N) is 1. The summed E-state index contributed by atoms with van der Waals surface area (Å²) in [7, 11) is 1.54. The van der Waals surface area contributed by atoms with Gasteiger partial charge in [0.25, 0.3) is 5.56 Å². The molecule has 2 rings (SSSR count). The second kappa shape index (κ2) is 10.8. The third-order valence-electron chi connectivity index (χ3n) is 5.63. The van der Waals surface area contributed by atoms with Crippen LogP contribution in [0.4, 0.5) is 11.5 Å². The molecule has 9 nitrogen and oxygen atoms in total. The summed E-state index contributed by atoms with van der Waals surface area (Å²) in [5.74, 6) is -0.0656. The number of rotatable bonds is 10. The Labute approximate surface area is 178 Å². The topological polar surface area (TPSA) is 114 Å². The van der Waals surface area contributed by atoms with Crippen LogP contribution in [0.15, 0.2) is 9.59 Å². The first kappa shape index (κ1) is 24.1. The summed E-state index contributed by atoms with van der Waals surface area (Å²) in [6.45, 7) is 9.02. The number of H-pyrrole nitrogens is 1. The first-order valence-electron chi connectivity index (χ1n) is 10.8. The van der Waals surface area contributed by atoms with Gasteiger partial charge < -0.3 is 15.4 Å². The Morgan fingerprint density at radius 3 is 2.40 bits per heavy atom. The molecule has 0 aliphatic heterocycles. The third-order valence-corrected chi connectivity index (χ3v) is 5.63. The Hall–Kier alpha value is -2.13. The number of carbonyl (C=O) groups is 1. The maximum absolute atomic E-state index is 13.4. The molecule has 0 saturated heterocycles. The number of nitrogens with two attached hydrogens (primary N) is 1. The maximum atomic E-state index is 13.4. The van der Waals surface area contributed by atoms with E-state index in [0.717, 1.165) is 12.8 Å². The maximum Gasteiger partial charge on any atom is 0.330 e. The van der Waals surface area contributed by atoms with Crippen molar-refractivity contribution >= 4 is 17.4 Å². The predicted molar refractivity (Wildman–Crippen MR) is 119 cm³/mol. The molecule has 0 unspecified atom stereocenters. The molecule has 3 N–H and O–H groups in total. The first-order valence-corrected chi connectivity index (χ1v) is 10.8. The molecular weight excluding hydrogens is 386 g/mol. The molecule has 1 aliphatic carbocycles. The van der Waals surface area contributed by atoms with Crippen molar-refractivity contribution in [3.8, 4) is 0 Å². The van der Waals surface area contributed by atoms with Crippen molar-refractivity contribution in [2.75, 3.05) is 37.4 Å². The molecule has 1 aromatic rings. The summed E-state index contributed by atoms with van der Waals surface area (Å²) in [6.07, 6.45) is 4.49. The fourth-order valence-corrected chi connectivity index (χ4v) is 4.14. The molecule has 0 radical (unpaired) electrons. The summed E-state index contributed by atoms with van der Waals surface area (Å²) in [4.78, 5) is 44.2. The van der Waals surface area contributed by atoms with Crippen molar-refractivity contribution in [2.24, 2.45) is 5.92 Å². The number of nitrogens with zero attached hydrogens (tertiary/aromatic N) is 3. The highest BCUT2D eigenvalue weighted by atomic mass is 16.5. The van der Waals surface area contributed by atoms with Crippen LogP contribution in [0.25, 0.3) is 0 Å². The van der Waals surface area contributed by atoms with Crippen molar-refractivity contribution in [3.05, 3.63) is 20.8 Å². The highest BCUT2D eigenvalue weighted by molar-refractivity contribution is 5.96. The average molecular weight is 424 g/mol. The van der Waals surface area contributed by atoms with Gasteiger partial charge in [0, 0.05) is 32.3 Å². The van der Waals surface area contributed by atoms with Gasteiger partial charge in [-0.25, -0.2) is 4.79 Å². The second-order valence-corrected chi connectivity index (χ2v) is 8.74. The molecule has 1 amide bonds. The molecule has 1 aromatic heterocycles. The van der Waals surface area contributed by atoms with Crippen molar-refractivity contribution in [1.29, 1.82) is 0 Å². The van der Waals surface area contributed by atoms with Crippen LogP contribution in [-0.4, -0.2) is 59.2 Å². The summed E-state index contributed by atoms with van der Waals surface area (Å²) < 4.78 is 6.49. The average Bonchev–Trinajstić information content (AvgIpc) is 3.19. The minimum absolute atomic E-state index is 0.0128. The van der Waals surface area contributed by atoms with E-state index < -0.39 is 11.2 Å². The summed E-state index contributed by atoms with van der Waals surface area (Å²) >= 11 is 0. The summed E-state index contributed by atoms with van der Waals surface area (Å²) in [5.41, 5.74) is 5.05. The quantitative estimate of drug-likeness (QED) is 0.588. The number of hydrogen-bond donors (Lipinski definition) is 2. The number of ether oxygens (including phenoxy) is 1. The van der Waals surface area contributed by atoms with Gasteiger partial charge in [-0.15, -0.1) is 0 Å². The largest absolute Gasteiger partial charge is 0.383 e. The zero-order chi connectivity index (χ0) is 22.4. The van der Waals surface area contributed by atoms with Crippen molar-refractivity contribution in [3.63, 3.8) is 0 Å². The lowest BCUT2D eigenvalue weighted by atomic mass is 10.1. The van der Waals surface area contributed by atoms with Crippen molar-refractivity contribution in [1.82, 2.24) is 14.5 Å². The zero-order valence-electron chi connectivity index (χ0n) is 18.9. The highest BCUT2D eigenvalue weighted by Gasteiger charge is 2.30. The number of hydrogen-bond acceptors (Lipinski definition) is 6. The van der Waals surface area contributed by atoms with Gasteiger partial charge in [-0.05, 0) is 32.6 Å². The van der Waals surface area contributed by atoms with Crippen LogP contribution in [0.2, 0.25) is 0 Å². The number of nitrogen functional groups attached to an aromatic ring is 1. The molecule has 0 spiro atoms. The lowest BCUT2D eigenvalue weighted by Gasteiger charge is -2.34. The Morgan fingerprint density at radius 1 is 1.23 bits per heavy atom. The van der Waals surface area contributed by atoms with Crippen LogP contribution in [-0.2, 0) is 16.1 Å². The van der Waals surface area contributed by atoms with Crippen LogP contribution >= 0.6 is 0 Å². The van der Waals surface area contributed by atoms with E-state index in [-0.39, 0.29) is 49.1 Å². The standard InChI is InChI=1S/C21H37N5O4/c1-14(2)12-26-19(22)18(20(28)23-21(26)29)24(10-11-30-5)17(27)13-25(15(3)4)16-8-6-7-9-16/h14-16H,6-13,22H2,1-5H3,(H,23,28,29). The number of methoxy groups -OCH3 is 1. The monoisotopic (exact) mass is 423 g/mol. The zero-order valence-corrected chi connectivity index (χ0v) is 18.9. The van der Waals surface area contributed by atoms with E-state index in [1.165, 1.54) is 29.4 Å². The SMILES string of the molecule is COCCN(C(=O)CN(C(C)C)C1CCCC1)c1c(N)n(CC(C)C)c(=O)[nH]c1=O. The number of aromatic nitrogens is 2. The smallest absolute Gasteiger partial charge is 0.330 e. The lowest BCUT2D eigenvalue weighted by molar-refractivity contribution is -0.121. The minimum Gasteiger partial charge on any atom is -0.383 e. The van der Waals surface area contributed by atoms with E-state index in [2.05, 4.69) is 23.7 Å². The van der Waals surface area contributed by atoms with E-state index in [4.69, 9.17) is 10.5 Å². The first-order chi connectivity index (χ1) is 14.2. The Balaban J connectivity index is 2.42. The van der Waals surface area contributed by atoms with Crippen LogP contribution < -0.4 is 21.9 Å². The normalized spacial score (nSPS) is 14.9. The molecule has 1 saturated carbocycles. The van der Waals surface area contributed by atoms with Gasteiger partial charge in [0.05, 0.1) is 13.2 Å². The number of carbonyl (C=O) groups excluding carboxylic acids is 1. The molecule has 170 valence electrons. The molecule has 1 aliphatic rings. The Kier molecular flexibility index (Phi) is 8.66. The molecule has 1 heterocycles. The summed E-state index contributed by atoms with van der Waals surface area (Å²) in [5, 5.41) is 0. The number of anilines is 2. The fraction of sp³-hybridized carbons (Fsp3) is 0.762. The molecule has 0 aromatic carbocycles. The van der Waals surface area contributed by atoms with Crippen molar-refractivity contribution in [2.45, 2.75) is 72.0 Å². The van der Waals surface area contributed by atoms with Crippen molar-refractivity contribution < 1.29 is 9.53 Å². The van der Waals surface area contributed by atoms with E-state index in [1.807, 2.05) is 13.8 Å². The number of amides is 1. The molecule has 9 heteroatoms. The summed E-state index contributed by atoms with van der Waals surface area (Å²) in [6, 6.07) is 0.565. The van der Waals surface area contributed by atoms with E-state index >= 15 is 0 Å². The third kappa shape index (κ3) is 5.72. The molecule has 0 bridgehead atoms. The predicted octanol–water partition coefficient (Wildman–Crippen LogP) is 1.41. The van der Waals surface area contributed by atoms with Gasteiger partial charge in [-0.2, -0.15) is 0 Å². The van der Waals surface area contributed by atoms with Gasteiger partial charge in [0.2, 0.25) is 5.91 Å². The number of aromatic amines is 1. The second-order valence-electron chi connectivity index (χ2n) is 8.74. The fourth-order valence-electron chi connectivity index (χ4n) is 4.14. The highest BCUT2D eigenvalue weighted by Crippen LogP contribution is 2.26. The van der Waals surface area contributed by atoms with E-state index in [1.54, 1.807) is 0 Å². The van der Waals surface area contributed by atoms with Crippen LogP contribution in [0.3, 0.4) is 0 Å². The Morgan fingerprint density at radius 2 is 1.87 bits per heavy atom. The van der Waals surface area contributed by atoms with Gasteiger partial charge in [-0.3, -0.25) is 24.0 Å². The lowest BCUT2D eigenvalue weighted by Crippen LogP contribution is -2.50. The van der Waals surface area contributed by atoms with Gasteiger partial charge in [0.1, 0.15) is 5.82 Å². The Bertz CT molecular complexity index is 824. The molecule has 30 heavy (non-hydrogen) atoms. The van der Waals surface area contributed by atoms with Crippen LogP contribution in [0, 0.1) is 5.92 Å². The van der Waals surface area contributed by atoms with E-state index in [0.29, 0.717) is 12.6 Å². The van der Waals surface area contributed by atoms with Crippen LogP contribution in [0.1, 0.15) is 53.4 Å². The van der Waals surface area contributed by atoms with Gasteiger partial charge in [0.15, 0.2) is 5.69 Å².